The lowest BCUT2D eigenvalue weighted by Gasteiger charge is -2.17. The van der Waals surface area contributed by atoms with E-state index in [4.69, 9.17) is 16.6 Å². The second kappa shape index (κ2) is 8.77. The van der Waals surface area contributed by atoms with Crippen LogP contribution in [0.5, 0.6) is 5.88 Å². The van der Waals surface area contributed by atoms with Gasteiger partial charge in [-0.05, 0) is 35.9 Å². The third-order valence-corrected chi connectivity index (χ3v) is 6.94. The zero-order chi connectivity index (χ0) is 22.9. The van der Waals surface area contributed by atoms with Crippen molar-refractivity contribution in [3.05, 3.63) is 116 Å². The predicted molar refractivity (Wildman–Crippen MR) is 132 cm³/mol. The van der Waals surface area contributed by atoms with E-state index in [-0.39, 0.29) is 10.8 Å². The van der Waals surface area contributed by atoms with Crippen LogP contribution in [0.1, 0.15) is 22.8 Å². The summed E-state index contributed by atoms with van der Waals surface area (Å²) in [5.74, 6) is -0.471. The van der Waals surface area contributed by atoms with Gasteiger partial charge in [0.25, 0.3) is 5.56 Å². The van der Waals surface area contributed by atoms with Crippen molar-refractivity contribution in [2.75, 3.05) is 0 Å². The average molecular weight is 476 g/mol. The highest BCUT2D eigenvalue weighted by molar-refractivity contribution is 7.99. The van der Waals surface area contributed by atoms with Gasteiger partial charge in [-0.15, -0.1) is 11.8 Å². The van der Waals surface area contributed by atoms with E-state index in [9.17, 15) is 14.7 Å². The van der Waals surface area contributed by atoms with Crippen LogP contribution in [0, 0.1) is 0 Å². The zero-order valence-corrected chi connectivity index (χ0v) is 18.8. The van der Waals surface area contributed by atoms with Gasteiger partial charge in [0.2, 0.25) is 5.88 Å². The van der Waals surface area contributed by atoms with E-state index < -0.39 is 17.1 Å². The molecule has 0 radical (unpaired) electrons. The Morgan fingerprint density at radius 3 is 2.55 bits per heavy atom. The number of rotatable bonds is 3. The van der Waals surface area contributed by atoms with Gasteiger partial charge in [-0.3, -0.25) is 14.8 Å². The molecule has 2 N–H and O–H groups in total. The van der Waals surface area contributed by atoms with Crippen LogP contribution >= 0.6 is 23.4 Å². The van der Waals surface area contributed by atoms with Crippen LogP contribution in [0.25, 0.3) is 5.69 Å². The van der Waals surface area contributed by atoms with Crippen molar-refractivity contribution in [2.45, 2.75) is 16.6 Å². The molecule has 1 aromatic heterocycles. The molecule has 1 aliphatic heterocycles. The molecule has 0 spiro atoms. The molecule has 0 bridgehead atoms. The quantitative estimate of drug-likeness (QED) is 0.424. The molecule has 0 amide bonds. The Kier molecular flexibility index (Phi) is 5.66. The third kappa shape index (κ3) is 4.13. The SMILES string of the molecule is O=c1[nH]c(=O)n(-c2cccc(Cl)c2)c(O)c1C1=Nc2ccccc2S[C@H](c2ccccc2)C1. The number of para-hydroxylation sites is 1. The number of halogens is 1. The number of thioether (sulfide) groups is 1. The molecule has 5 rings (SSSR count). The minimum atomic E-state index is -0.757. The highest BCUT2D eigenvalue weighted by Crippen LogP contribution is 2.45. The van der Waals surface area contributed by atoms with Gasteiger partial charge in [0, 0.05) is 21.6 Å². The summed E-state index contributed by atoms with van der Waals surface area (Å²) in [6, 6.07) is 24.1. The number of nitrogens with zero attached hydrogens (tertiary/aromatic N) is 2. The highest BCUT2D eigenvalue weighted by Gasteiger charge is 2.27. The standard InChI is InChI=1S/C25H18ClN3O3S/c26-16-9-6-10-17(13-16)29-24(31)22(23(30)28-25(29)32)19-14-21(15-7-2-1-3-8-15)33-20-12-5-4-11-18(20)27-19/h1-13,21,31H,14H2,(H,28,30,32)/t21-/m0/s1. The van der Waals surface area contributed by atoms with E-state index >= 15 is 0 Å². The van der Waals surface area contributed by atoms with Gasteiger partial charge in [-0.2, -0.15) is 0 Å². The van der Waals surface area contributed by atoms with Gasteiger partial charge in [-0.1, -0.05) is 60.1 Å². The number of aromatic nitrogens is 2. The van der Waals surface area contributed by atoms with Crippen LogP contribution in [0.3, 0.4) is 0 Å². The third-order valence-electron chi connectivity index (χ3n) is 5.38. The lowest BCUT2D eigenvalue weighted by atomic mass is 10.0. The molecular weight excluding hydrogens is 458 g/mol. The maximum atomic E-state index is 12.9. The smallest absolute Gasteiger partial charge is 0.335 e. The van der Waals surface area contributed by atoms with Crippen LogP contribution in [0.15, 0.2) is 98.3 Å². The lowest BCUT2D eigenvalue weighted by Crippen LogP contribution is -2.33. The number of aromatic hydroxyl groups is 1. The zero-order valence-electron chi connectivity index (χ0n) is 17.2. The van der Waals surface area contributed by atoms with Gasteiger partial charge in [0.05, 0.1) is 17.1 Å². The summed E-state index contributed by atoms with van der Waals surface area (Å²) < 4.78 is 1.03. The monoisotopic (exact) mass is 475 g/mol. The summed E-state index contributed by atoms with van der Waals surface area (Å²) in [5.41, 5.74) is 1.04. The Morgan fingerprint density at radius 2 is 1.76 bits per heavy atom. The Hall–Kier alpha value is -3.55. The molecule has 164 valence electrons. The Bertz CT molecular complexity index is 1500. The molecule has 4 aromatic rings. The molecule has 0 fully saturated rings. The van der Waals surface area contributed by atoms with Gasteiger partial charge in [0.15, 0.2) is 0 Å². The maximum absolute atomic E-state index is 12.9. The summed E-state index contributed by atoms with van der Waals surface area (Å²) in [7, 11) is 0. The summed E-state index contributed by atoms with van der Waals surface area (Å²) in [6.07, 6.45) is 0.383. The summed E-state index contributed by atoms with van der Waals surface area (Å²) in [4.78, 5) is 33.6. The first-order chi connectivity index (χ1) is 16.0. The van der Waals surface area contributed by atoms with Crippen LogP contribution < -0.4 is 11.2 Å². The van der Waals surface area contributed by atoms with E-state index in [0.29, 0.717) is 28.5 Å². The molecule has 2 heterocycles. The number of H-pyrrole nitrogens is 1. The molecule has 1 aliphatic rings. The van der Waals surface area contributed by atoms with E-state index in [0.717, 1.165) is 15.0 Å². The Balaban J connectivity index is 1.72. The first-order valence-corrected chi connectivity index (χ1v) is 11.5. The number of hydrogen-bond donors (Lipinski definition) is 2. The second-order valence-electron chi connectivity index (χ2n) is 7.52. The molecule has 8 heteroatoms. The summed E-state index contributed by atoms with van der Waals surface area (Å²) in [6.45, 7) is 0. The maximum Gasteiger partial charge on any atom is 0.335 e. The van der Waals surface area contributed by atoms with Crippen LogP contribution in [-0.4, -0.2) is 20.4 Å². The molecule has 0 saturated carbocycles. The topological polar surface area (TPSA) is 87.5 Å². The van der Waals surface area contributed by atoms with Crippen molar-refractivity contribution in [1.29, 1.82) is 0 Å². The number of aromatic amines is 1. The number of nitrogens with one attached hydrogen (secondary N) is 1. The second-order valence-corrected chi connectivity index (χ2v) is 9.20. The van der Waals surface area contributed by atoms with Crippen molar-refractivity contribution in [2.24, 2.45) is 4.99 Å². The molecule has 33 heavy (non-hydrogen) atoms. The molecule has 3 aromatic carbocycles. The van der Waals surface area contributed by atoms with E-state index in [1.807, 2.05) is 54.6 Å². The largest absolute Gasteiger partial charge is 0.493 e. The Morgan fingerprint density at radius 1 is 1.00 bits per heavy atom. The van der Waals surface area contributed by atoms with Crippen LogP contribution in [0.2, 0.25) is 5.02 Å². The lowest BCUT2D eigenvalue weighted by molar-refractivity contribution is 0.429. The van der Waals surface area contributed by atoms with Crippen molar-refractivity contribution in [1.82, 2.24) is 9.55 Å². The fourth-order valence-electron chi connectivity index (χ4n) is 3.86. The molecular formula is C25H18ClN3O3S. The summed E-state index contributed by atoms with van der Waals surface area (Å²) >= 11 is 7.74. The Labute approximate surface area is 198 Å². The molecule has 0 aliphatic carbocycles. The fraction of sp³-hybridized carbons (Fsp3) is 0.0800. The first kappa shape index (κ1) is 21.3. The minimum Gasteiger partial charge on any atom is -0.493 e. The minimum absolute atomic E-state index is 0.0344. The highest BCUT2D eigenvalue weighted by atomic mass is 35.5. The predicted octanol–water partition coefficient (Wildman–Crippen LogP) is 5.24. The van der Waals surface area contributed by atoms with E-state index in [2.05, 4.69) is 4.98 Å². The molecule has 0 saturated heterocycles. The normalized spacial score (nSPS) is 15.4. The number of hydrogen-bond acceptors (Lipinski definition) is 5. The van der Waals surface area contributed by atoms with Gasteiger partial charge in [-0.25, -0.2) is 9.36 Å². The van der Waals surface area contributed by atoms with E-state index in [1.54, 1.807) is 30.0 Å². The van der Waals surface area contributed by atoms with Crippen molar-refractivity contribution < 1.29 is 5.11 Å². The van der Waals surface area contributed by atoms with Gasteiger partial charge >= 0.3 is 5.69 Å². The molecule has 1 atom stereocenters. The van der Waals surface area contributed by atoms with Crippen molar-refractivity contribution in [3.8, 4) is 11.6 Å². The van der Waals surface area contributed by atoms with Crippen LogP contribution in [-0.2, 0) is 0 Å². The fourth-order valence-corrected chi connectivity index (χ4v) is 5.28. The van der Waals surface area contributed by atoms with E-state index in [1.165, 1.54) is 6.07 Å². The van der Waals surface area contributed by atoms with Gasteiger partial charge < -0.3 is 5.11 Å². The first-order valence-electron chi connectivity index (χ1n) is 10.2. The van der Waals surface area contributed by atoms with Crippen LogP contribution in [0.4, 0.5) is 5.69 Å². The molecule has 6 nitrogen and oxygen atoms in total. The van der Waals surface area contributed by atoms with Crippen molar-refractivity contribution in [3.63, 3.8) is 0 Å². The van der Waals surface area contributed by atoms with Crippen molar-refractivity contribution >= 4 is 34.8 Å². The average Bonchev–Trinajstić information content (AvgIpc) is 2.99. The number of fused-ring (bicyclic) bond motifs is 1. The molecule has 0 unspecified atom stereocenters. The summed E-state index contributed by atoms with van der Waals surface area (Å²) in [5, 5.41) is 11.5. The van der Waals surface area contributed by atoms with Gasteiger partial charge in [0.1, 0.15) is 5.56 Å². The number of benzene rings is 3. The number of aliphatic imine (C=N–C) groups is 1.